The third-order valence-corrected chi connectivity index (χ3v) is 2.79. The second-order valence-electron chi connectivity index (χ2n) is 3.91. The minimum atomic E-state index is -0.199. The fourth-order valence-electron chi connectivity index (χ4n) is 1.72. The molecule has 0 aliphatic carbocycles. The Morgan fingerprint density at radius 3 is 2.56 bits per heavy atom. The van der Waals surface area contributed by atoms with Crippen LogP contribution in [0.2, 0.25) is 0 Å². The number of halogens is 1. The fraction of sp³-hybridized carbons (Fsp3) is 0.538. The molecule has 0 spiro atoms. The van der Waals surface area contributed by atoms with E-state index in [1.165, 1.54) is 0 Å². The molecule has 0 aromatic heterocycles. The van der Waals surface area contributed by atoms with Gasteiger partial charge in [0.2, 0.25) is 0 Å². The van der Waals surface area contributed by atoms with Gasteiger partial charge in [-0.2, -0.15) is 0 Å². The number of nitrogens with two attached hydrogens (primary N) is 1. The van der Waals surface area contributed by atoms with Crippen LogP contribution in [0.4, 0.5) is 10.1 Å². The van der Waals surface area contributed by atoms with Crippen LogP contribution in [0.1, 0.15) is 32.3 Å². The number of hydrogen-bond donors (Lipinski definition) is 1. The molecule has 3 heteroatoms. The van der Waals surface area contributed by atoms with Crippen molar-refractivity contribution in [3.05, 3.63) is 29.6 Å². The van der Waals surface area contributed by atoms with Gasteiger partial charge in [-0.05, 0) is 25.5 Å². The van der Waals surface area contributed by atoms with Crippen LogP contribution in [0.15, 0.2) is 18.2 Å². The monoisotopic (exact) mass is 224 g/mol. The van der Waals surface area contributed by atoms with Gasteiger partial charge in [0.1, 0.15) is 5.82 Å². The molecule has 1 aromatic rings. The van der Waals surface area contributed by atoms with E-state index in [0.29, 0.717) is 5.56 Å². The van der Waals surface area contributed by atoms with Gasteiger partial charge in [0.25, 0.3) is 0 Å². The molecule has 1 rings (SSSR count). The summed E-state index contributed by atoms with van der Waals surface area (Å²) in [5, 5.41) is 0. The molecule has 0 fully saturated rings. The summed E-state index contributed by atoms with van der Waals surface area (Å²) in [5.74, 6) is -0.199. The molecule has 1 aromatic carbocycles. The number of anilines is 1. The van der Waals surface area contributed by atoms with E-state index in [1.54, 1.807) is 12.1 Å². The fourth-order valence-corrected chi connectivity index (χ4v) is 1.72. The molecular weight excluding hydrogens is 203 g/mol. The minimum absolute atomic E-state index is 0.199. The Kier molecular flexibility index (Phi) is 5.26. The average molecular weight is 224 g/mol. The Hall–Kier alpha value is -1.09. The molecule has 0 aliphatic rings. The molecule has 2 N–H and O–H groups in total. The van der Waals surface area contributed by atoms with E-state index in [4.69, 9.17) is 5.73 Å². The largest absolute Gasteiger partial charge is 0.372 e. The first-order valence-corrected chi connectivity index (χ1v) is 5.96. The Bertz CT molecular complexity index is 326. The third kappa shape index (κ3) is 3.20. The summed E-state index contributed by atoms with van der Waals surface area (Å²) in [6, 6.07) is 5.31. The topological polar surface area (TPSA) is 29.3 Å². The highest BCUT2D eigenvalue weighted by Gasteiger charge is 2.07. The van der Waals surface area contributed by atoms with Crippen LogP contribution in [0, 0.1) is 5.82 Å². The molecule has 0 heterocycles. The average Bonchev–Trinajstić information content (AvgIpc) is 2.30. The molecule has 0 saturated carbocycles. The van der Waals surface area contributed by atoms with Gasteiger partial charge < -0.3 is 10.6 Å². The van der Waals surface area contributed by atoms with Crippen LogP contribution in [-0.4, -0.2) is 13.1 Å². The molecule has 90 valence electrons. The van der Waals surface area contributed by atoms with Gasteiger partial charge in [0.15, 0.2) is 0 Å². The lowest BCUT2D eigenvalue weighted by molar-refractivity contribution is 0.609. The van der Waals surface area contributed by atoms with Crippen LogP contribution >= 0.6 is 0 Å². The first-order chi connectivity index (χ1) is 7.72. The van der Waals surface area contributed by atoms with E-state index < -0.39 is 0 Å². The number of nitrogens with zero attached hydrogens (tertiary/aromatic N) is 1. The first kappa shape index (κ1) is 13.0. The summed E-state index contributed by atoms with van der Waals surface area (Å²) >= 11 is 0. The Balaban J connectivity index is 2.80. The summed E-state index contributed by atoms with van der Waals surface area (Å²) in [6.45, 7) is 6.39. The van der Waals surface area contributed by atoms with Crippen LogP contribution in [0.3, 0.4) is 0 Å². The quantitative estimate of drug-likeness (QED) is 0.805. The van der Waals surface area contributed by atoms with Gasteiger partial charge in [-0.3, -0.25) is 0 Å². The van der Waals surface area contributed by atoms with Crippen molar-refractivity contribution in [2.24, 2.45) is 5.73 Å². The Morgan fingerprint density at radius 1 is 1.31 bits per heavy atom. The summed E-state index contributed by atoms with van der Waals surface area (Å²) in [5.41, 5.74) is 6.96. The van der Waals surface area contributed by atoms with Crippen LogP contribution in [0.5, 0.6) is 0 Å². The molecule has 16 heavy (non-hydrogen) atoms. The SMILES string of the molecule is CCCCN(CC)c1ccc(CN)c(F)c1. The molecule has 0 aliphatic heterocycles. The van der Waals surface area contributed by atoms with Crippen molar-refractivity contribution >= 4 is 5.69 Å². The van der Waals surface area contributed by atoms with Crippen molar-refractivity contribution in [3.8, 4) is 0 Å². The lowest BCUT2D eigenvalue weighted by Gasteiger charge is -2.23. The van der Waals surface area contributed by atoms with Crippen LogP contribution < -0.4 is 10.6 Å². The first-order valence-electron chi connectivity index (χ1n) is 5.96. The number of benzene rings is 1. The third-order valence-electron chi connectivity index (χ3n) is 2.79. The van der Waals surface area contributed by atoms with Gasteiger partial charge in [-0.25, -0.2) is 4.39 Å². The predicted octanol–water partition coefficient (Wildman–Crippen LogP) is 2.91. The molecular formula is C13H21FN2. The summed E-state index contributed by atoms with van der Waals surface area (Å²) in [7, 11) is 0. The van der Waals surface area contributed by atoms with Crippen molar-refractivity contribution in [2.45, 2.75) is 33.2 Å². The second kappa shape index (κ2) is 6.48. The molecule has 0 saturated heterocycles. The van der Waals surface area contributed by atoms with Gasteiger partial charge in [-0.15, -0.1) is 0 Å². The highest BCUT2D eigenvalue weighted by molar-refractivity contribution is 5.48. The molecule has 0 radical (unpaired) electrons. The summed E-state index contributed by atoms with van der Waals surface area (Å²) in [4.78, 5) is 2.19. The highest BCUT2D eigenvalue weighted by atomic mass is 19.1. The number of rotatable bonds is 6. The van der Waals surface area contributed by atoms with Crippen molar-refractivity contribution in [1.82, 2.24) is 0 Å². The lowest BCUT2D eigenvalue weighted by Crippen LogP contribution is -2.24. The van der Waals surface area contributed by atoms with E-state index in [2.05, 4.69) is 18.7 Å². The van der Waals surface area contributed by atoms with Gasteiger partial charge in [0.05, 0.1) is 0 Å². The lowest BCUT2D eigenvalue weighted by atomic mass is 10.1. The molecule has 0 unspecified atom stereocenters. The van der Waals surface area contributed by atoms with Crippen LogP contribution in [0.25, 0.3) is 0 Å². The molecule has 2 nitrogen and oxygen atoms in total. The molecule has 0 amide bonds. The van der Waals surface area contributed by atoms with Gasteiger partial charge >= 0.3 is 0 Å². The van der Waals surface area contributed by atoms with Crippen molar-refractivity contribution in [2.75, 3.05) is 18.0 Å². The number of unbranched alkanes of at least 4 members (excludes halogenated alkanes) is 1. The van der Waals surface area contributed by atoms with Crippen LogP contribution in [-0.2, 0) is 6.54 Å². The van der Waals surface area contributed by atoms with E-state index in [-0.39, 0.29) is 12.4 Å². The van der Waals surface area contributed by atoms with Gasteiger partial charge in [0, 0.05) is 30.9 Å². The van der Waals surface area contributed by atoms with E-state index in [0.717, 1.165) is 31.6 Å². The van der Waals surface area contributed by atoms with E-state index >= 15 is 0 Å². The maximum Gasteiger partial charge on any atom is 0.129 e. The molecule has 0 atom stereocenters. The maximum absolute atomic E-state index is 13.6. The molecule has 0 bridgehead atoms. The minimum Gasteiger partial charge on any atom is -0.372 e. The normalized spacial score (nSPS) is 10.5. The van der Waals surface area contributed by atoms with Crippen molar-refractivity contribution < 1.29 is 4.39 Å². The Morgan fingerprint density at radius 2 is 2.06 bits per heavy atom. The van der Waals surface area contributed by atoms with E-state index in [9.17, 15) is 4.39 Å². The Labute approximate surface area is 97.3 Å². The standard InChI is InChI=1S/C13H21FN2/c1-3-5-8-16(4-2)12-7-6-11(10-15)13(14)9-12/h6-7,9H,3-5,8,10,15H2,1-2H3. The van der Waals surface area contributed by atoms with Crippen molar-refractivity contribution in [1.29, 1.82) is 0 Å². The number of hydrogen-bond acceptors (Lipinski definition) is 2. The zero-order valence-electron chi connectivity index (χ0n) is 10.2. The smallest absolute Gasteiger partial charge is 0.129 e. The second-order valence-corrected chi connectivity index (χ2v) is 3.91. The maximum atomic E-state index is 13.6. The van der Waals surface area contributed by atoms with Gasteiger partial charge in [-0.1, -0.05) is 19.4 Å². The summed E-state index contributed by atoms with van der Waals surface area (Å²) < 4.78 is 13.6. The summed E-state index contributed by atoms with van der Waals surface area (Å²) in [6.07, 6.45) is 2.29. The zero-order chi connectivity index (χ0) is 12.0. The predicted molar refractivity (Wildman–Crippen MR) is 67.1 cm³/mol. The zero-order valence-corrected chi connectivity index (χ0v) is 10.2. The van der Waals surface area contributed by atoms with E-state index in [1.807, 2.05) is 6.07 Å². The van der Waals surface area contributed by atoms with Crippen molar-refractivity contribution in [3.63, 3.8) is 0 Å². The highest BCUT2D eigenvalue weighted by Crippen LogP contribution is 2.18.